The van der Waals surface area contributed by atoms with E-state index in [1.807, 2.05) is 18.3 Å². The molecule has 73 heavy (non-hydrogen) atoms. The first-order valence-electron chi connectivity index (χ1n) is 26.2. The number of rotatable bonds is 14. The summed E-state index contributed by atoms with van der Waals surface area (Å²) in [5.74, 6) is 11.7. The molecule has 4 aromatic carbocycles. The molecule has 0 unspecified atom stereocenters. The number of aliphatic hydroxyl groups is 2. The number of aromatic nitrogens is 2. The van der Waals surface area contributed by atoms with Gasteiger partial charge in [0, 0.05) is 57.9 Å². The molecule has 2 aliphatic rings. The highest BCUT2D eigenvalue weighted by atomic mass is 16.5. The average Bonchev–Trinajstić information content (AvgIpc) is 4.05. The molecule has 3 N–H and O–H groups in total. The second-order valence-corrected chi connectivity index (χ2v) is 20.3. The number of pyridine rings is 2. The van der Waals surface area contributed by atoms with Crippen LogP contribution in [0.2, 0.25) is 0 Å². The number of nitrogens with zero attached hydrogens (tertiary/aromatic N) is 2. The fraction of sp³-hybridized carbons (Fsp3) is 0.385. The zero-order valence-electron chi connectivity index (χ0n) is 43.9. The molecule has 2 aromatic heterocycles. The van der Waals surface area contributed by atoms with Gasteiger partial charge in [-0.1, -0.05) is 124 Å². The highest BCUT2D eigenvalue weighted by Crippen LogP contribution is 2.42. The van der Waals surface area contributed by atoms with Gasteiger partial charge in [0.25, 0.3) is 0 Å². The molecule has 8 heteroatoms. The molecule has 0 bridgehead atoms. The van der Waals surface area contributed by atoms with Gasteiger partial charge < -0.3 is 20.1 Å². The lowest BCUT2D eigenvalue weighted by atomic mass is 9.70. The van der Waals surface area contributed by atoms with E-state index < -0.39 is 17.2 Å². The summed E-state index contributed by atoms with van der Waals surface area (Å²) in [6.07, 6.45) is 18.2. The molecular weight excluding hydrogens is 905 g/mol. The minimum absolute atomic E-state index is 0.0350. The van der Waals surface area contributed by atoms with Gasteiger partial charge >= 0.3 is 11.9 Å². The number of benzene rings is 4. The summed E-state index contributed by atoms with van der Waals surface area (Å²) in [4.78, 5) is 31.3. The van der Waals surface area contributed by atoms with Gasteiger partial charge in [-0.05, 0) is 171 Å². The van der Waals surface area contributed by atoms with E-state index in [0.29, 0.717) is 5.56 Å². The van der Waals surface area contributed by atoms with Gasteiger partial charge in [-0.15, -0.1) is 0 Å². The Balaban J connectivity index is 0.000000214. The van der Waals surface area contributed by atoms with Gasteiger partial charge in [-0.2, -0.15) is 0 Å². The third-order valence-electron chi connectivity index (χ3n) is 15.8. The van der Waals surface area contributed by atoms with Crippen LogP contribution in [0.5, 0.6) is 0 Å². The second-order valence-electron chi connectivity index (χ2n) is 20.3. The highest BCUT2D eigenvalue weighted by Gasteiger charge is 2.33. The maximum absolute atomic E-state index is 11.7. The van der Waals surface area contributed by atoms with Crippen molar-refractivity contribution < 1.29 is 29.6 Å². The number of esters is 1. The highest BCUT2D eigenvalue weighted by molar-refractivity contribution is 5.74. The van der Waals surface area contributed by atoms with Crippen LogP contribution in [0.15, 0.2) is 122 Å². The molecule has 0 aliphatic heterocycles. The Morgan fingerprint density at radius 1 is 0.534 bits per heavy atom. The summed E-state index contributed by atoms with van der Waals surface area (Å²) in [5.41, 5.74) is 13.0. The van der Waals surface area contributed by atoms with Gasteiger partial charge in [0.1, 0.15) is 11.2 Å². The summed E-state index contributed by atoms with van der Waals surface area (Å²) in [7, 11) is 1.40. The van der Waals surface area contributed by atoms with Crippen molar-refractivity contribution in [1.29, 1.82) is 0 Å². The molecule has 8 rings (SSSR count). The Hall–Kier alpha value is -6.84. The quantitative estimate of drug-likeness (QED) is 0.0727. The van der Waals surface area contributed by atoms with E-state index in [1.165, 1.54) is 29.4 Å². The van der Waals surface area contributed by atoms with Gasteiger partial charge in [-0.3, -0.25) is 19.6 Å². The predicted octanol–water partition coefficient (Wildman–Crippen LogP) is 13.0. The van der Waals surface area contributed by atoms with E-state index in [4.69, 9.17) is 9.84 Å². The van der Waals surface area contributed by atoms with Crippen molar-refractivity contribution in [1.82, 2.24) is 9.97 Å². The SMILES string of the molecule is CCC(CC)(c1ccc(-c2cncc(CC(=O)O)c2)cc1)c1ccc(C#CC2(O)CCCC2)c(C)c1.CCC(CC)(c1ccc(-c2cncc(CC(=O)OC)c2)cc1)c1ccc(C#CC2(O)CCCC2)c(C)c1. The average molecular weight is 977 g/mol. The van der Waals surface area contributed by atoms with Crippen LogP contribution in [0.25, 0.3) is 22.3 Å². The van der Waals surface area contributed by atoms with Gasteiger partial charge in [0.05, 0.1) is 20.0 Å². The summed E-state index contributed by atoms with van der Waals surface area (Å²) in [6.45, 7) is 13.2. The Morgan fingerprint density at radius 3 is 1.25 bits per heavy atom. The lowest BCUT2D eigenvalue weighted by molar-refractivity contribution is -0.140. The fourth-order valence-corrected chi connectivity index (χ4v) is 11.1. The summed E-state index contributed by atoms with van der Waals surface area (Å²) >= 11 is 0. The first kappa shape index (κ1) is 53.9. The van der Waals surface area contributed by atoms with Crippen molar-refractivity contribution in [2.75, 3.05) is 7.11 Å². The second kappa shape index (κ2) is 23.8. The molecular formula is C65H72N2O6. The monoisotopic (exact) mass is 977 g/mol. The number of aryl methyl sites for hydroxylation is 2. The molecule has 2 heterocycles. The molecule has 0 saturated heterocycles. The normalized spacial score (nSPS) is 14.7. The van der Waals surface area contributed by atoms with Crippen LogP contribution >= 0.6 is 0 Å². The molecule has 2 fully saturated rings. The minimum Gasteiger partial charge on any atom is -0.481 e. The van der Waals surface area contributed by atoms with Crippen LogP contribution < -0.4 is 0 Å². The number of ether oxygens (including phenoxy) is 1. The number of carbonyl (C=O) groups excluding carboxylic acids is 1. The molecule has 2 saturated carbocycles. The Kier molecular flexibility index (Phi) is 17.6. The lowest BCUT2D eigenvalue weighted by Crippen LogP contribution is -2.26. The number of carbonyl (C=O) groups is 2. The van der Waals surface area contributed by atoms with Gasteiger partial charge in [-0.25, -0.2) is 0 Å². The van der Waals surface area contributed by atoms with Crippen LogP contribution in [0.4, 0.5) is 0 Å². The van der Waals surface area contributed by atoms with Gasteiger partial charge in [0.15, 0.2) is 0 Å². The van der Waals surface area contributed by atoms with Crippen molar-refractivity contribution in [3.63, 3.8) is 0 Å². The molecule has 378 valence electrons. The zero-order chi connectivity index (χ0) is 52.2. The van der Waals surface area contributed by atoms with E-state index in [-0.39, 0.29) is 29.6 Å². The molecule has 0 radical (unpaired) electrons. The summed E-state index contributed by atoms with van der Waals surface area (Å²) in [6, 6.07) is 34.3. The van der Waals surface area contributed by atoms with Crippen molar-refractivity contribution in [3.8, 4) is 45.9 Å². The zero-order valence-corrected chi connectivity index (χ0v) is 43.9. The first-order valence-corrected chi connectivity index (χ1v) is 26.2. The molecule has 0 amide bonds. The standard InChI is InChI=1S/C33H37NO3.C32H35NO3/c1-5-33(6-2,30-14-9-26(24(3)19-30)15-18-32(36)16-7-8-17-32)29-12-10-27(11-13-29)28-20-25(22-34-23-28)21-31(35)37-4;1-4-32(5-2,29-13-8-25(23(3)18-29)14-17-31(36)15-6-7-16-31)28-11-9-26(10-12-28)27-19-24(20-30(34)35)21-33-22-27/h9-14,19-20,22-23,36H,5-8,16-17,21H2,1-4H3;8-13,18-19,21-22,36H,4-7,15-16,20H2,1-3H3,(H,34,35). The molecule has 0 spiro atoms. The van der Waals surface area contributed by atoms with E-state index in [2.05, 4.69) is 160 Å². The smallest absolute Gasteiger partial charge is 0.310 e. The van der Waals surface area contributed by atoms with Crippen molar-refractivity contribution in [3.05, 3.63) is 177 Å². The third-order valence-corrected chi connectivity index (χ3v) is 15.8. The fourth-order valence-electron chi connectivity index (χ4n) is 11.1. The van der Waals surface area contributed by atoms with E-state index in [0.717, 1.165) is 127 Å². The van der Waals surface area contributed by atoms with Crippen molar-refractivity contribution >= 4 is 11.9 Å². The summed E-state index contributed by atoms with van der Waals surface area (Å²) in [5, 5.41) is 30.3. The number of aliphatic carboxylic acids is 1. The third kappa shape index (κ3) is 12.7. The maximum atomic E-state index is 11.7. The number of methoxy groups -OCH3 is 1. The molecule has 8 nitrogen and oxygen atoms in total. The number of hydrogen-bond donors (Lipinski definition) is 3. The van der Waals surface area contributed by atoms with Crippen molar-refractivity contribution in [2.45, 2.75) is 153 Å². The minimum atomic E-state index is -0.860. The van der Waals surface area contributed by atoms with E-state index >= 15 is 0 Å². The van der Waals surface area contributed by atoms with Crippen LogP contribution in [0, 0.1) is 37.5 Å². The number of carboxylic acids is 1. The Morgan fingerprint density at radius 2 is 0.904 bits per heavy atom. The van der Waals surface area contributed by atoms with Gasteiger partial charge in [0.2, 0.25) is 0 Å². The Labute approximate surface area is 433 Å². The summed E-state index contributed by atoms with van der Waals surface area (Å²) < 4.78 is 4.79. The number of hydrogen-bond acceptors (Lipinski definition) is 7. The molecule has 6 aromatic rings. The van der Waals surface area contributed by atoms with E-state index in [9.17, 15) is 19.8 Å². The van der Waals surface area contributed by atoms with E-state index in [1.54, 1.807) is 18.6 Å². The lowest BCUT2D eigenvalue weighted by Gasteiger charge is -2.34. The largest absolute Gasteiger partial charge is 0.481 e. The molecule has 2 aliphatic carbocycles. The van der Waals surface area contributed by atoms with Crippen molar-refractivity contribution in [2.24, 2.45) is 0 Å². The molecule has 0 atom stereocenters. The van der Waals surface area contributed by atoms with Crippen LogP contribution in [-0.4, -0.2) is 55.5 Å². The first-order chi connectivity index (χ1) is 35.1. The van der Waals surface area contributed by atoms with Crippen LogP contribution in [0.1, 0.15) is 160 Å². The topological polar surface area (TPSA) is 130 Å². The van der Waals surface area contributed by atoms with Crippen LogP contribution in [-0.2, 0) is 38.0 Å². The predicted molar refractivity (Wildman–Crippen MR) is 292 cm³/mol. The number of carboxylic acid groups (broad SMARTS) is 1. The maximum Gasteiger partial charge on any atom is 0.310 e. The Bertz CT molecular complexity index is 3000. The van der Waals surface area contributed by atoms with Crippen LogP contribution in [0.3, 0.4) is 0 Å².